The van der Waals surface area contributed by atoms with Crippen molar-refractivity contribution in [3.8, 4) is 16.9 Å². The second kappa shape index (κ2) is 9.47. The maximum absolute atomic E-state index is 12.5. The molecule has 5 heteroatoms. The normalized spacial score (nSPS) is 10.2. The van der Waals surface area contributed by atoms with Crippen LogP contribution in [0.3, 0.4) is 0 Å². The molecule has 2 aromatic carbocycles. The lowest BCUT2D eigenvalue weighted by Gasteiger charge is -2.11. The smallest absolute Gasteiger partial charge is 0.255 e. The molecular formula is C20H24N2O3. The molecule has 0 fully saturated rings. The van der Waals surface area contributed by atoms with E-state index in [4.69, 9.17) is 4.74 Å². The molecule has 2 rings (SSSR count). The van der Waals surface area contributed by atoms with E-state index in [0.717, 1.165) is 24.0 Å². The van der Waals surface area contributed by atoms with Crippen molar-refractivity contribution in [2.24, 2.45) is 0 Å². The van der Waals surface area contributed by atoms with Crippen molar-refractivity contribution in [2.75, 3.05) is 20.2 Å². The number of benzene rings is 2. The van der Waals surface area contributed by atoms with Crippen LogP contribution in [-0.2, 0) is 4.79 Å². The first-order valence-corrected chi connectivity index (χ1v) is 8.38. The van der Waals surface area contributed by atoms with Crippen LogP contribution in [-0.4, -0.2) is 32.0 Å². The van der Waals surface area contributed by atoms with Crippen LogP contribution in [0.4, 0.5) is 0 Å². The highest BCUT2D eigenvalue weighted by molar-refractivity contribution is 5.98. The molecule has 0 aliphatic rings. The summed E-state index contributed by atoms with van der Waals surface area (Å²) >= 11 is 0. The molecule has 0 saturated heterocycles. The summed E-state index contributed by atoms with van der Waals surface area (Å²) in [6.45, 7) is 2.67. The monoisotopic (exact) mass is 340 g/mol. The van der Waals surface area contributed by atoms with Crippen molar-refractivity contribution >= 4 is 11.8 Å². The van der Waals surface area contributed by atoms with Gasteiger partial charge in [0, 0.05) is 20.0 Å². The number of rotatable bonds is 8. The van der Waals surface area contributed by atoms with Crippen molar-refractivity contribution in [1.29, 1.82) is 0 Å². The average Bonchev–Trinajstić information content (AvgIpc) is 2.64. The van der Waals surface area contributed by atoms with Crippen LogP contribution >= 0.6 is 0 Å². The number of unbranched alkanes of at least 4 members (excludes halogenated alkanes) is 1. The van der Waals surface area contributed by atoms with Gasteiger partial charge in [-0.1, -0.05) is 36.4 Å². The van der Waals surface area contributed by atoms with E-state index in [9.17, 15) is 9.59 Å². The maximum Gasteiger partial charge on any atom is 0.255 e. The molecule has 25 heavy (non-hydrogen) atoms. The van der Waals surface area contributed by atoms with E-state index in [1.165, 1.54) is 6.92 Å². The van der Waals surface area contributed by atoms with Crippen molar-refractivity contribution in [3.05, 3.63) is 54.1 Å². The third-order valence-electron chi connectivity index (χ3n) is 3.81. The molecule has 2 aromatic rings. The van der Waals surface area contributed by atoms with Crippen LogP contribution in [0.1, 0.15) is 30.1 Å². The molecule has 0 spiro atoms. The number of carbonyl (C=O) groups is 2. The predicted molar refractivity (Wildman–Crippen MR) is 98.7 cm³/mol. The van der Waals surface area contributed by atoms with Crippen LogP contribution in [0.2, 0.25) is 0 Å². The van der Waals surface area contributed by atoms with Crippen molar-refractivity contribution < 1.29 is 14.3 Å². The first kappa shape index (κ1) is 18.5. The van der Waals surface area contributed by atoms with E-state index in [1.54, 1.807) is 7.11 Å². The molecule has 2 N–H and O–H groups in total. The van der Waals surface area contributed by atoms with Crippen LogP contribution in [0.5, 0.6) is 5.75 Å². The van der Waals surface area contributed by atoms with Gasteiger partial charge in [-0.15, -0.1) is 0 Å². The summed E-state index contributed by atoms with van der Waals surface area (Å²) in [6, 6.07) is 15.5. The van der Waals surface area contributed by atoms with E-state index in [2.05, 4.69) is 10.6 Å². The van der Waals surface area contributed by atoms with Crippen LogP contribution in [0.15, 0.2) is 48.5 Å². The molecule has 5 nitrogen and oxygen atoms in total. The summed E-state index contributed by atoms with van der Waals surface area (Å²) in [7, 11) is 1.56. The van der Waals surface area contributed by atoms with E-state index in [-0.39, 0.29) is 11.8 Å². The number of hydrogen-bond acceptors (Lipinski definition) is 3. The third-order valence-corrected chi connectivity index (χ3v) is 3.81. The number of ether oxygens (including phenoxy) is 1. The lowest BCUT2D eigenvalue weighted by Crippen LogP contribution is -2.26. The average molecular weight is 340 g/mol. The minimum Gasteiger partial charge on any atom is -0.496 e. The Morgan fingerprint density at radius 1 is 0.920 bits per heavy atom. The van der Waals surface area contributed by atoms with Gasteiger partial charge in [0.1, 0.15) is 5.75 Å². The molecule has 0 aromatic heterocycles. The third kappa shape index (κ3) is 5.64. The summed E-state index contributed by atoms with van der Waals surface area (Å²) in [4.78, 5) is 23.3. The van der Waals surface area contributed by atoms with Crippen molar-refractivity contribution in [3.63, 3.8) is 0 Å². The van der Waals surface area contributed by atoms with E-state index in [0.29, 0.717) is 24.4 Å². The van der Waals surface area contributed by atoms with Gasteiger partial charge in [0.25, 0.3) is 5.91 Å². The Hall–Kier alpha value is -2.82. The van der Waals surface area contributed by atoms with Gasteiger partial charge in [-0.2, -0.15) is 0 Å². The highest BCUT2D eigenvalue weighted by Crippen LogP contribution is 2.26. The van der Waals surface area contributed by atoms with Gasteiger partial charge in [0.05, 0.1) is 12.7 Å². The SMILES string of the molecule is COc1ccc(-c2ccccc2)cc1C(=O)NCCCCNC(C)=O. The molecule has 0 atom stereocenters. The first-order chi connectivity index (χ1) is 12.1. The standard InChI is InChI=1S/C20H24N2O3/c1-15(23)21-12-6-7-13-22-20(24)18-14-17(10-11-19(18)25-2)16-8-4-3-5-9-16/h3-5,8-11,14H,6-7,12-13H2,1-2H3,(H,21,23)(H,22,24). The van der Waals surface area contributed by atoms with Gasteiger partial charge in [-0.05, 0) is 36.1 Å². The fraction of sp³-hybridized carbons (Fsp3) is 0.300. The Morgan fingerprint density at radius 3 is 2.24 bits per heavy atom. The minimum absolute atomic E-state index is 0.0356. The zero-order valence-electron chi connectivity index (χ0n) is 14.7. The molecule has 0 unspecified atom stereocenters. The number of amides is 2. The van der Waals surface area contributed by atoms with Gasteiger partial charge in [-0.25, -0.2) is 0 Å². The molecule has 0 heterocycles. The summed E-state index contributed by atoms with van der Waals surface area (Å²) in [5.41, 5.74) is 2.54. The second-order valence-corrected chi connectivity index (χ2v) is 5.73. The van der Waals surface area contributed by atoms with Crippen LogP contribution in [0, 0.1) is 0 Å². The molecule has 0 aliphatic carbocycles. The predicted octanol–water partition coefficient (Wildman–Crippen LogP) is 3.01. The Bertz CT molecular complexity index is 714. The molecule has 132 valence electrons. The fourth-order valence-electron chi connectivity index (χ4n) is 2.51. The van der Waals surface area contributed by atoms with E-state index in [1.807, 2.05) is 48.5 Å². The number of hydrogen-bond donors (Lipinski definition) is 2. The summed E-state index contributed by atoms with van der Waals surface area (Å²) in [5, 5.41) is 5.65. The molecular weight excluding hydrogens is 316 g/mol. The Labute approximate surface area is 148 Å². The Morgan fingerprint density at radius 2 is 1.60 bits per heavy atom. The highest BCUT2D eigenvalue weighted by atomic mass is 16.5. The Balaban J connectivity index is 1.99. The van der Waals surface area contributed by atoms with Crippen LogP contribution in [0.25, 0.3) is 11.1 Å². The largest absolute Gasteiger partial charge is 0.496 e. The quantitative estimate of drug-likeness (QED) is 0.726. The molecule has 2 amide bonds. The van der Waals surface area contributed by atoms with Gasteiger partial charge in [-0.3, -0.25) is 9.59 Å². The van der Waals surface area contributed by atoms with E-state index >= 15 is 0 Å². The van der Waals surface area contributed by atoms with Gasteiger partial charge >= 0.3 is 0 Å². The zero-order chi connectivity index (χ0) is 18.1. The zero-order valence-corrected chi connectivity index (χ0v) is 14.7. The maximum atomic E-state index is 12.5. The summed E-state index contributed by atoms with van der Waals surface area (Å²) in [5.74, 6) is 0.357. The van der Waals surface area contributed by atoms with Crippen molar-refractivity contribution in [2.45, 2.75) is 19.8 Å². The molecule has 0 bridgehead atoms. The molecule has 0 aliphatic heterocycles. The molecule has 0 saturated carbocycles. The second-order valence-electron chi connectivity index (χ2n) is 5.73. The number of nitrogens with one attached hydrogen (secondary N) is 2. The Kier molecular flexibility index (Phi) is 7.01. The van der Waals surface area contributed by atoms with Gasteiger partial charge < -0.3 is 15.4 Å². The van der Waals surface area contributed by atoms with Crippen molar-refractivity contribution in [1.82, 2.24) is 10.6 Å². The van der Waals surface area contributed by atoms with E-state index < -0.39 is 0 Å². The number of methoxy groups -OCH3 is 1. The lowest BCUT2D eigenvalue weighted by atomic mass is 10.0. The number of carbonyl (C=O) groups excluding carboxylic acids is 2. The van der Waals surface area contributed by atoms with Gasteiger partial charge in [0.2, 0.25) is 5.91 Å². The summed E-state index contributed by atoms with van der Waals surface area (Å²) < 4.78 is 5.32. The molecule has 0 radical (unpaired) electrons. The minimum atomic E-state index is -0.158. The lowest BCUT2D eigenvalue weighted by molar-refractivity contribution is -0.118. The fourth-order valence-corrected chi connectivity index (χ4v) is 2.51. The van der Waals surface area contributed by atoms with Crippen LogP contribution < -0.4 is 15.4 Å². The first-order valence-electron chi connectivity index (χ1n) is 8.38. The van der Waals surface area contributed by atoms with Gasteiger partial charge in [0.15, 0.2) is 0 Å². The summed E-state index contributed by atoms with van der Waals surface area (Å²) in [6.07, 6.45) is 1.62. The topological polar surface area (TPSA) is 67.4 Å². The highest BCUT2D eigenvalue weighted by Gasteiger charge is 2.13.